The van der Waals surface area contributed by atoms with E-state index < -0.39 is 11.7 Å². The summed E-state index contributed by atoms with van der Waals surface area (Å²) in [5, 5.41) is 7.39. The van der Waals surface area contributed by atoms with E-state index in [9.17, 15) is 13.2 Å². The van der Waals surface area contributed by atoms with Gasteiger partial charge in [0.05, 0.1) is 11.1 Å². The minimum absolute atomic E-state index is 0.112. The molecule has 0 saturated heterocycles. The summed E-state index contributed by atoms with van der Waals surface area (Å²) in [7, 11) is 0. The number of hydrogen-bond acceptors (Lipinski definition) is 2. The normalized spacial score (nSPS) is 17.9. The number of nitrogens with zero attached hydrogens (tertiary/aromatic N) is 1. The Morgan fingerprint density at radius 3 is 2.68 bits per heavy atom. The topological polar surface area (TPSA) is 54.7 Å². The number of fused-ring (bicyclic) bond motifs is 1. The lowest BCUT2D eigenvalue weighted by molar-refractivity contribution is -0.137. The SMILES string of the molecule is NC1(CCc2[nH]nc3ccc(C(F)(F)F)cc23)CC1. The van der Waals surface area contributed by atoms with Gasteiger partial charge in [-0.3, -0.25) is 5.10 Å². The summed E-state index contributed by atoms with van der Waals surface area (Å²) in [6.07, 6.45) is -0.928. The van der Waals surface area contributed by atoms with Crippen LogP contribution in [-0.2, 0) is 12.6 Å². The minimum Gasteiger partial charge on any atom is -0.325 e. The van der Waals surface area contributed by atoms with E-state index in [1.54, 1.807) is 0 Å². The van der Waals surface area contributed by atoms with Gasteiger partial charge in [0.15, 0.2) is 0 Å². The van der Waals surface area contributed by atoms with Crippen LogP contribution in [0.3, 0.4) is 0 Å². The number of aromatic nitrogens is 2. The van der Waals surface area contributed by atoms with E-state index in [0.717, 1.165) is 37.1 Å². The van der Waals surface area contributed by atoms with Crippen molar-refractivity contribution >= 4 is 10.9 Å². The summed E-state index contributed by atoms with van der Waals surface area (Å²) in [5.41, 5.74) is 6.53. The molecule has 0 aliphatic heterocycles. The second-order valence-corrected chi connectivity index (χ2v) is 5.29. The van der Waals surface area contributed by atoms with Gasteiger partial charge in [-0.2, -0.15) is 18.3 Å². The van der Waals surface area contributed by atoms with E-state index in [4.69, 9.17) is 5.73 Å². The molecule has 0 atom stereocenters. The molecular weight excluding hydrogens is 255 g/mol. The monoisotopic (exact) mass is 269 g/mol. The molecule has 1 heterocycles. The smallest absolute Gasteiger partial charge is 0.325 e. The molecule has 1 aliphatic carbocycles. The Balaban J connectivity index is 1.91. The first-order valence-electron chi connectivity index (χ1n) is 6.21. The zero-order chi connectivity index (χ0) is 13.7. The highest BCUT2D eigenvalue weighted by molar-refractivity contribution is 5.82. The molecule has 1 aromatic carbocycles. The maximum absolute atomic E-state index is 12.7. The summed E-state index contributed by atoms with van der Waals surface area (Å²) in [6, 6.07) is 3.61. The molecule has 3 N–H and O–H groups in total. The van der Waals surface area contributed by atoms with E-state index in [1.807, 2.05) is 0 Å². The molecule has 1 aliphatic rings. The molecule has 0 spiro atoms. The summed E-state index contributed by atoms with van der Waals surface area (Å²) < 4.78 is 38.1. The Kier molecular flexibility index (Phi) is 2.60. The van der Waals surface area contributed by atoms with E-state index in [0.29, 0.717) is 17.3 Å². The molecule has 19 heavy (non-hydrogen) atoms. The number of H-pyrrole nitrogens is 1. The lowest BCUT2D eigenvalue weighted by Gasteiger charge is -2.08. The van der Waals surface area contributed by atoms with Crippen molar-refractivity contribution in [2.75, 3.05) is 0 Å². The molecule has 0 radical (unpaired) electrons. The van der Waals surface area contributed by atoms with Crippen molar-refractivity contribution in [1.82, 2.24) is 10.2 Å². The third-order valence-electron chi connectivity index (χ3n) is 3.73. The van der Waals surface area contributed by atoms with Crippen LogP contribution in [0.2, 0.25) is 0 Å². The van der Waals surface area contributed by atoms with Gasteiger partial charge in [-0.25, -0.2) is 0 Å². The first-order valence-corrected chi connectivity index (χ1v) is 6.21. The second-order valence-electron chi connectivity index (χ2n) is 5.29. The maximum Gasteiger partial charge on any atom is 0.416 e. The molecular formula is C13H14F3N3. The highest BCUT2D eigenvalue weighted by atomic mass is 19.4. The van der Waals surface area contributed by atoms with Crippen molar-refractivity contribution in [1.29, 1.82) is 0 Å². The highest BCUT2D eigenvalue weighted by Crippen LogP contribution is 2.37. The first-order chi connectivity index (χ1) is 8.87. The van der Waals surface area contributed by atoms with Gasteiger partial charge in [-0.05, 0) is 43.9 Å². The third-order valence-corrected chi connectivity index (χ3v) is 3.73. The van der Waals surface area contributed by atoms with Gasteiger partial charge < -0.3 is 5.73 Å². The molecule has 0 amide bonds. The number of aromatic amines is 1. The van der Waals surface area contributed by atoms with Gasteiger partial charge in [0.2, 0.25) is 0 Å². The van der Waals surface area contributed by atoms with Crippen molar-refractivity contribution in [3.05, 3.63) is 29.5 Å². The standard InChI is InChI=1S/C13H14F3N3/c14-13(15,16)8-1-2-10-9(7-8)11(19-18-10)3-4-12(17)5-6-12/h1-2,7H,3-6,17H2,(H,18,19). The van der Waals surface area contributed by atoms with Crippen LogP contribution in [0.25, 0.3) is 10.9 Å². The lowest BCUT2D eigenvalue weighted by Crippen LogP contribution is -2.22. The number of rotatable bonds is 3. The average molecular weight is 269 g/mol. The number of hydrogen-bond donors (Lipinski definition) is 2. The van der Waals surface area contributed by atoms with Gasteiger partial charge in [0.25, 0.3) is 0 Å². The molecule has 102 valence electrons. The zero-order valence-electron chi connectivity index (χ0n) is 10.2. The summed E-state index contributed by atoms with van der Waals surface area (Å²) in [5.74, 6) is 0. The summed E-state index contributed by atoms with van der Waals surface area (Å²) >= 11 is 0. The van der Waals surface area contributed by atoms with Gasteiger partial charge in [-0.15, -0.1) is 0 Å². The summed E-state index contributed by atoms with van der Waals surface area (Å²) in [6.45, 7) is 0. The first kappa shape index (κ1) is 12.5. The molecule has 1 fully saturated rings. The van der Waals surface area contributed by atoms with Crippen molar-refractivity contribution in [3.63, 3.8) is 0 Å². The van der Waals surface area contributed by atoms with E-state index >= 15 is 0 Å². The van der Waals surface area contributed by atoms with Gasteiger partial charge in [0, 0.05) is 16.6 Å². The van der Waals surface area contributed by atoms with Crippen LogP contribution in [0.15, 0.2) is 18.2 Å². The van der Waals surface area contributed by atoms with E-state index in [2.05, 4.69) is 10.2 Å². The highest BCUT2D eigenvalue weighted by Gasteiger charge is 2.37. The van der Waals surface area contributed by atoms with Crippen LogP contribution in [0, 0.1) is 0 Å². The molecule has 0 unspecified atom stereocenters. The average Bonchev–Trinajstić information content (AvgIpc) is 2.94. The van der Waals surface area contributed by atoms with Gasteiger partial charge in [-0.1, -0.05) is 0 Å². The number of halogens is 3. The largest absolute Gasteiger partial charge is 0.416 e. The van der Waals surface area contributed by atoms with Crippen LogP contribution in [0.4, 0.5) is 13.2 Å². The van der Waals surface area contributed by atoms with Crippen molar-refractivity contribution in [3.8, 4) is 0 Å². The van der Waals surface area contributed by atoms with E-state index in [1.165, 1.54) is 6.07 Å². The Bertz CT molecular complexity index is 611. The fourth-order valence-corrected chi connectivity index (χ4v) is 2.21. The Morgan fingerprint density at radius 2 is 2.05 bits per heavy atom. The number of benzene rings is 1. The number of nitrogens with two attached hydrogens (primary N) is 1. The van der Waals surface area contributed by atoms with Crippen molar-refractivity contribution in [2.24, 2.45) is 5.73 Å². The van der Waals surface area contributed by atoms with E-state index in [-0.39, 0.29) is 5.54 Å². The van der Waals surface area contributed by atoms with Gasteiger partial charge in [0.1, 0.15) is 0 Å². The molecule has 1 saturated carbocycles. The van der Waals surface area contributed by atoms with Crippen LogP contribution in [0.5, 0.6) is 0 Å². The fraction of sp³-hybridized carbons (Fsp3) is 0.462. The molecule has 3 rings (SSSR count). The Morgan fingerprint density at radius 1 is 1.32 bits per heavy atom. The zero-order valence-corrected chi connectivity index (χ0v) is 10.2. The quantitative estimate of drug-likeness (QED) is 0.900. The number of alkyl halides is 3. The van der Waals surface area contributed by atoms with Crippen LogP contribution >= 0.6 is 0 Å². The molecule has 1 aromatic heterocycles. The maximum atomic E-state index is 12.7. The number of aryl methyl sites for hydroxylation is 1. The minimum atomic E-state index is -4.33. The predicted octanol–water partition coefficient (Wildman–Crippen LogP) is 3.01. The predicted molar refractivity (Wildman–Crippen MR) is 65.6 cm³/mol. The molecule has 6 heteroatoms. The molecule has 0 bridgehead atoms. The Hall–Kier alpha value is -1.56. The van der Waals surface area contributed by atoms with Crippen LogP contribution in [0.1, 0.15) is 30.5 Å². The summed E-state index contributed by atoms with van der Waals surface area (Å²) in [4.78, 5) is 0. The molecule has 3 nitrogen and oxygen atoms in total. The van der Waals surface area contributed by atoms with Gasteiger partial charge >= 0.3 is 6.18 Å². The third kappa shape index (κ3) is 2.45. The van der Waals surface area contributed by atoms with Crippen molar-refractivity contribution in [2.45, 2.75) is 37.4 Å². The second kappa shape index (κ2) is 3.96. The van der Waals surface area contributed by atoms with Crippen LogP contribution < -0.4 is 5.73 Å². The number of nitrogens with one attached hydrogen (secondary N) is 1. The van der Waals surface area contributed by atoms with Crippen LogP contribution in [-0.4, -0.2) is 15.7 Å². The fourth-order valence-electron chi connectivity index (χ4n) is 2.21. The van der Waals surface area contributed by atoms with Crippen molar-refractivity contribution < 1.29 is 13.2 Å². The molecule has 2 aromatic rings. The Labute approximate surface area is 108 Å². The lowest BCUT2D eigenvalue weighted by atomic mass is 10.0.